The van der Waals surface area contributed by atoms with Crippen molar-refractivity contribution < 1.29 is 14.4 Å². The molecule has 0 aliphatic heterocycles. The van der Waals surface area contributed by atoms with Crippen molar-refractivity contribution in [2.75, 3.05) is 25.6 Å². The van der Waals surface area contributed by atoms with E-state index in [2.05, 4.69) is 15.3 Å². The zero-order chi connectivity index (χ0) is 20.2. The predicted octanol–water partition coefficient (Wildman–Crippen LogP) is 3.48. The van der Waals surface area contributed by atoms with Crippen LogP contribution in [-0.2, 0) is 4.74 Å². The van der Waals surface area contributed by atoms with Crippen LogP contribution in [0.2, 0.25) is 0 Å². The molecule has 1 unspecified atom stereocenters. The molecule has 0 aliphatic carbocycles. The first kappa shape index (κ1) is 21.8. The molecule has 2 aromatic rings. The van der Waals surface area contributed by atoms with Crippen molar-refractivity contribution in [2.45, 2.75) is 26.8 Å². The topological polar surface area (TPSA) is 123 Å². The van der Waals surface area contributed by atoms with E-state index in [4.69, 9.17) is 14.7 Å². The summed E-state index contributed by atoms with van der Waals surface area (Å²) in [4.78, 5) is 18.5. The predicted molar refractivity (Wildman–Crippen MR) is 101 cm³/mol. The van der Waals surface area contributed by atoms with Gasteiger partial charge in [-0.15, -0.1) is 0 Å². The van der Waals surface area contributed by atoms with E-state index in [1.807, 2.05) is 26.8 Å². The summed E-state index contributed by atoms with van der Waals surface area (Å²) in [6, 6.07) is 8.71. The van der Waals surface area contributed by atoms with Crippen molar-refractivity contribution in [3.05, 3.63) is 51.7 Å². The van der Waals surface area contributed by atoms with Crippen LogP contribution in [0.5, 0.6) is 6.01 Å². The number of nitrogens with one attached hydrogen (secondary N) is 1. The molecule has 0 saturated heterocycles. The summed E-state index contributed by atoms with van der Waals surface area (Å²) in [6.45, 7) is 6.42. The van der Waals surface area contributed by atoms with E-state index in [1.54, 1.807) is 24.3 Å². The summed E-state index contributed by atoms with van der Waals surface area (Å²) in [7, 11) is 1.53. The molecule has 1 atom stereocenters. The Morgan fingerprint density at radius 2 is 1.96 bits per heavy atom. The lowest BCUT2D eigenvalue weighted by atomic mass is 10.1. The van der Waals surface area contributed by atoms with Crippen molar-refractivity contribution in [3.8, 4) is 12.1 Å². The second-order valence-electron chi connectivity index (χ2n) is 5.08. The first-order valence-electron chi connectivity index (χ1n) is 8.45. The number of hydrogen-bond acceptors (Lipinski definition) is 8. The largest absolute Gasteiger partial charge is 0.461 e. The van der Waals surface area contributed by atoms with Crippen LogP contribution < -0.4 is 10.1 Å². The molecule has 1 aromatic carbocycles. The normalized spacial score (nSPS) is 10.8. The number of nitrogens with zero attached hydrogens (tertiary/aromatic N) is 4. The Balaban J connectivity index is 0.00000176. The minimum absolute atomic E-state index is 0.0252. The Hall–Kier alpha value is -3.25. The third-order valence-electron chi connectivity index (χ3n) is 3.36. The number of methoxy groups -OCH3 is 1. The average molecular weight is 373 g/mol. The third-order valence-corrected chi connectivity index (χ3v) is 3.36. The molecule has 1 aromatic heterocycles. The Morgan fingerprint density at radius 1 is 1.30 bits per heavy atom. The summed E-state index contributed by atoms with van der Waals surface area (Å²) in [6.07, 6.45) is 1.10. The summed E-state index contributed by atoms with van der Waals surface area (Å²) in [5, 5.41) is 23.0. The summed E-state index contributed by atoms with van der Waals surface area (Å²) < 4.78 is 10.2. The van der Waals surface area contributed by atoms with Gasteiger partial charge in [-0.2, -0.15) is 15.2 Å². The molecule has 144 valence electrons. The van der Waals surface area contributed by atoms with Crippen molar-refractivity contribution in [2.24, 2.45) is 0 Å². The van der Waals surface area contributed by atoms with Crippen molar-refractivity contribution in [3.63, 3.8) is 0 Å². The molecule has 0 saturated carbocycles. The van der Waals surface area contributed by atoms with Crippen LogP contribution in [0.1, 0.15) is 37.9 Å². The number of nitriles is 1. The number of aromatic nitrogens is 2. The highest BCUT2D eigenvalue weighted by Gasteiger charge is 2.20. The fraction of sp³-hybridized carbons (Fsp3) is 0.389. The standard InChI is InChI=1S/C16H17N5O4.C2H6/c1-11(13-5-3-12(9-17)4-6-13)19-15-14(21(22)23)10-18-16(20-15)25-8-7-24-2;1-2/h3-6,10-11H,7-8H2,1-2H3,(H,18,19,20);1-2H3. The average Bonchev–Trinajstić information content (AvgIpc) is 2.69. The highest BCUT2D eigenvalue weighted by atomic mass is 16.6. The van der Waals surface area contributed by atoms with Gasteiger partial charge in [0.2, 0.25) is 5.82 Å². The van der Waals surface area contributed by atoms with E-state index >= 15 is 0 Å². The summed E-state index contributed by atoms with van der Waals surface area (Å²) >= 11 is 0. The number of anilines is 1. The maximum atomic E-state index is 11.2. The molecule has 2 rings (SSSR count). The molecular weight excluding hydrogens is 350 g/mol. The molecule has 0 fully saturated rings. The Labute approximate surface area is 158 Å². The Bertz CT molecular complexity index is 774. The van der Waals surface area contributed by atoms with Gasteiger partial charge >= 0.3 is 11.7 Å². The van der Waals surface area contributed by atoms with E-state index in [9.17, 15) is 10.1 Å². The monoisotopic (exact) mass is 373 g/mol. The van der Waals surface area contributed by atoms with Crippen LogP contribution in [-0.4, -0.2) is 35.2 Å². The maximum Gasteiger partial charge on any atom is 0.329 e. The van der Waals surface area contributed by atoms with Gasteiger partial charge < -0.3 is 14.8 Å². The highest BCUT2D eigenvalue weighted by Crippen LogP contribution is 2.27. The van der Waals surface area contributed by atoms with Gasteiger partial charge in [-0.3, -0.25) is 10.1 Å². The van der Waals surface area contributed by atoms with Crippen molar-refractivity contribution >= 4 is 11.5 Å². The summed E-state index contributed by atoms with van der Waals surface area (Å²) in [5.74, 6) is 0.0595. The first-order chi connectivity index (χ1) is 13.0. The molecule has 27 heavy (non-hydrogen) atoms. The fourth-order valence-corrected chi connectivity index (χ4v) is 2.02. The Morgan fingerprint density at radius 3 is 2.52 bits per heavy atom. The number of benzene rings is 1. The molecule has 9 heteroatoms. The quantitative estimate of drug-likeness (QED) is 0.424. The first-order valence-corrected chi connectivity index (χ1v) is 8.45. The van der Waals surface area contributed by atoms with Gasteiger partial charge in [0.1, 0.15) is 12.8 Å². The van der Waals surface area contributed by atoms with Crippen molar-refractivity contribution in [1.29, 1.82) is 5.26 Å². The second-order valence-corrected chi connectivity index (χ2v) is 5.08. The lowest BCUT2D eigenvalue weighted by molar-refractivity contribution is -0.384. The smallest absolute Gasteiger partial charge is 0.329 e. The molecule has 0 amide bonds. The zero-order valence-electron chi connectivity index (χ0n) is 15.8. The molecule has 0 radical (unpaired) electrons. The molecule has 1 N–H and O–H groups in total. The van der Waals surface area contributed by atoms with Gasteiger partial charge in [0.05, 0.1) is 29.2 Å². The molecule has 1 heterocycles. The van der Waals surface area contributed by atoms with E-state index in [0.717, 1.165) is 11.8 Å². The minimum Gasteiger partial charge on any atom is -0.461 e. The maximum absolute atomic E-state index is 11.2. The minimum atomic E-state index is -0.563. The fourth-order valence-electron chi connectivity index (χ4n) is 2.02. The van der Waals surface area contributed by atoms with Crippen LogP contribution in [0.25, 0.3) is 0 Å². The van der Waals surface area contributed by atoms with E-state index in [1.165, 1.54) is 7.11 Å². The van der Waals surface area contributed by atoms with Gasteiger partial charge in [0.15, 0.2) is 0 Å². The highest BCUT2D eigenvalue weighted by molar-refractivity contribution is 5.56. The Kier molecular flexibility index (Phi) is 9.19. The van der Waals surface area contributed by atoms with Gasteiger partial charge in [-0.05, 0) is 24.6 Å². The van der Waals surface area contributed by atoms with Gasteiger partial charge in [-0.25, -0.2) is 0 Å². The van der Waals surface area contributed by atoms with Gasteiger partial charge in [0.25, 0.3) is 0 Å². The van der Waals surface area contributed by atoms with Crippen LogP contribution in [0, 0.1) is 21.4 Å². The molecular formula is C18H23N5O4. The summed E-state index contributed by atoms with van der Waals surface area (Å²) in [5.41, 5.74) is 1.14. The van der Waals surface area contributed by atoms with Crippen LogP contribution in [0.15, 0.2) is 30.5 Å². The van der Waals surface area contributed by atoms with E-state index in [-0.39, 0.29) is 30.2 Å². The van der Waals surface area contributed by atoms with E-state index in [0.29, 0.717) is 12.2 Å². The lowest BCUT2D eigenvalue weighted by Gasteiger charge is -2.15. The van der Waals surface area contributed by atoms with Crippen LogP contribution >= 0.6 is 0 Å². The van der Waals surface area contributed by atoms with E-state index < -0.39 is 4.92 Å². The number of rotatable bonds is 8. The SMILES string of the molecule is CC.COCCOc1ncc([N+](=O)[O-])c(NC(C)c2ccc(C#N)cc2)n1. The van der Waals surface area contributed by atoms with Gasteiger partial charge in [0, 0.05) is 7.11 Å². The number of ether oxygens (including phenoxy) is 2. The molecule has 0 bridgehead atoms. The van der Waals surface area contributed by atoms with Gasteiger partial charge in [-0.1, -0.05) is 26.0 Å². The lowest BCUT2D eigenvalue weighted by Crippen LogP contribution is -2.12. The number of nitro groups is 1. The second kappa shape index (κ2) is 11.4. The molecule has 0 spiro atoms. The number of hydrogen-bond donors (Lipinski definition) is 1. The van der Waals surface area contributed by atoms with Crippen LogP contribution in [0.3, 0.4) is 0 Å². The van der Waals surface area contributed by atoms with Crippen LogP contribution in [0.4, 0.5) is 11.5 Å². The van der Waals surface area contributed by atoms with Crippen molar-refractivity contribution in [1.82, 2.24) is 9.97 Å². The zero-order valence-corrected chi connectivity index (χ0v) is 15.8. The molecule has 9 nitrogen and oxygen atoms in total. The third kappa shape index (κ3) is 6.52. The molecule has 0 aliphatic rings.